The molecule has 1 fully saturated rings. The number of carboxylic acid groups (broad SMARTS) is 1. The lowest BCUT2D eigenvalue weighted by atomic mass is 9.86. The predicted molar refractivity (Wildman–Crippen MR) is 91.2 cm³/mol. The normalized spacial score (nSPS) is 15.9. The first-order valence-electron chi connectivity index (χ1n) is 8.12. The minimum Gasteiger partial charge on any atom is -0.481 e. The molecule has 0 unspecified atom stereocenters. The highest BCUT2D eigenvalue weighted by Crippen LogP contribution is 2.22. The molecule has 0 radical (unpaired) electrons. The van der Waals surface area contributed by atoms with Crippen LogP contribution in [0.4, 0.5) is 10.5 Å². The largest absolute Gasteiger partial charge is 0.481 e. The fourth-order valence-corrected chi connectivity index (χ4v) is 2.67. The number of anilines is 1. The highest BCUT2D eigenvalue weighted by molar-refractivity contribution is 6.00. The Bertz CT molecular complexity index is 623. The van der Waals surface area contributed by atoms with Crippen LogP contribution in [0.2, 0.25) is 0 Å². The van der Waals surface area contributed by atoms with Crippen molar-refractivity contribution in [2.75, 3.05) is 18.4 Å². The number of likely N-dealkylation sites (tertiary alicyclic amines) is 1. The van der Waals surface area contributed by atoms with Gasteiger partial charge in [0, 0.05) is 29.8 Å². The molecule has 0 atom stereocenters. The van der Waals surface area contributed by atoms with Crippen molar-refractivity contribution in [1.29, 1.82) is 0 Å². The van der Waals surface area contributed by atoms with Crippen molar-refractivity contribution in [3.8, 4) is 0 Å². The van der Waals surface area contributed by atoms with Gasteiger partial charge in [-0.05, 0) is 37.1 Å². The van der Waals surface area contributed by atoms with Crippen LogP contribution in [0.15, 0.2) is 24.3 Å². The first-order valence-corrected chi connectivity index (χ1v) is 8.12. The molecule has 6 nitrogen and oxygen atoms in total. The van der Waals surface area contributed by atoms with Crippen LogP contribution in [0, 0.1) is 11.3 Å². The Hall–Kier alpha value is -2.37. The van der Waals surface area contributed by atoms with Crippen LogP contribution in [0.3, 0.4) is 0 Å². The summed E-state index contributed by atoms with van der Waals surface area (Å²) in [5.74, 6) is -1.11. The van der Waals surface area contributed by atoms with Crippen LogP contribution < -0.4 is 5.32 Å². The number of carbonyl (C=O) groups excluding carboxylic acids is 2. The van der Waals surface area contributed by atoms with Crippen molar-refractivity contribution in [1.82, 2.24) is 4.90 Å². The summed E-state index contributed by atoms with van der Waals surface area (Å²) < 4.78 is 0. The molecular weight excluding hydrogens is 308 g/mol. The Balaban J connectivity index is 1.93. The molecule has 1 aliphatic rings. The quantitative estimate of drug-likeness (QED) is 0.832. The van der Waals surface area contributed by atoms with Crippen LogP contribution in [-0.2, 0) is 4.79 Å². The summed E-state index contributed by atoms with van der Waals surface area (Å²) >= 11 is 0. The van der Waals surface area contributed by atoms with E-state index in [1.165, 1.54) is 0 Å². The van der Waals surface area contributed by atoms with Gasteiger partial charge in [-0.1, -0.05) is 20.8 Å². The molecule has 1 saturated heterocycles. The van der Waals surface area contributed by atoms with Gasteiger partial charge in [-0.25, -0.2) is 4.79 Å². The Morgan fingerprint density at radius 2 is 1.62 bits per heavy atom. The number of rotatable bonds is 3. The van der Waals surface area contributed by atoms with Gasteiger partial charge in [-0.2, -0.15) is 0 Å². The van der Waals surface area contributed by atoms with E-state index in [1.54, 1.807) is 29.2 Å². The van der Waals surface area contributed by atoms with Crippen LogP contribution >= 0.6 is 0 Å². The zero-order valence-corrected chi connectivity index (χ0v) is 14.3. The lowest BCUT2D eigenvalue weighted by molar-refractivity contribution is -0.143. The molecule has 6 heteroatoms. The molecule has 0 aliphatic carbocycles. The van der Waals surface area contributed by atoms with Gasteiger partial charge in [-0.3, -0.25) is 9.59 Å². The molecule has 1 aromatic rings. The second-order valence-corrected chi connectivity index (χ2v) is 7.19. The number of ketones is 1. The lowest BCUT2D eigenvalue weighted by Gasteiger charge is -2.30. The van der Waals surface area contributed by atoms with Crippen LogP contribution in [0.5, 0.6) is 0 Å². The van der Waals surface area contributed by atoms with Gasteiger partial charge >= 0.3 is 12.0 Å². The Morgan fingerprint density at radius 1 is 1.08 bits per heavy atom. The highest BCUT2D eigenvalue weighted by atomic mass is 16.4. The average molecular weight is 332 g/mol. The van der Waals surface area contributed by atoms with Gasteiger partial charge < -0.3 is 15.3 Å². The molecule has 24 heavy (non-hydrogen) atoms. The minimum atomic E-state index is -0.797. The summed E-state index contributed by atoms with van der Waals surface area (Å²) in [6.07, 6.45) is 0.948. The number of piperidine rings is 1. The fraction of sp³-hybridized carbons (Fsp3) is 0.500. The van der Waals surface area contributed by atoms with Gasteiger partial charge in [0.15, 0.2) is 5.78 Å². The van der Waals surface area contributed by atoms with E-state index in [0.717, 1.165) is 0 Å². The smallest absolute Gasteiger partial charge is 0.321 e. The van der Waals surface area contributed by atoms with E-state index in [-0.39, 0.29) is 17.7 Å². The number of amides is 2. The maximum absolute atomic E-state index is 12.2. The third-order valence-corrected chi connectivity index (χ3v) is 4.21. The van der Waals surface area contributed by atoms with Crippen LogP contribution in [-0.4, -0.2) is 40.9 Å². The summed E-state index contributed by atoms with van der Waals surface area (Å²) in [7, 11) is 0. The topological polar surface area (TPSA) is 86.7 Å². The molecule has 2 amide bonds. The predicted octanol–water partition coefficient (Wildman–Crippen LogP) is 3.24. The lowest BCUT2D eigenvalue weighted by Crippen LogP contribution is -2.42. The van der Waals surface area contributed by atoms with Crippen LogP contribution in [0.1, 0.15) is 44.0 Å². The maximum atomic E-state index is 12.2. The van der Waals surface area contributed by atoms with Crippen LogP contribution in [0.25, 0.3) is 0 Å². The van der Waals surface area contributed by atoms with E-state index in [1.807, 2.05) is 20.8 Å². The van der Waals surface area contributed by atoms with Gasteiger partial charge in [0.2, 0.25) is 0 Å². The standard InChI is InChI=1S/C18H24N2O4/c1-18(2,3)15(21)12-4-6-14(7-5-12)19-17(24)20-10-8-13(9-11-20)16(22)23/h4-7,13H,8-11H2,1-3H3,(H,19,24)(H,22,23). The third kappa shape index (κ3) is 4.34. The second kappa shape index (κ2) is 7.03. The van der Waals surface area contributed by atoms with E-state index in [2.05, 4.69) is 5.32 Å². The van der Waals surface area contributed by atoms with Crippen molar-refractivity contribution in [2.45, 2.75) is 33.6 Å². The molecule has 2 rings (SSSR count). The second-order valence-electron chi connectivity index (χ2n) is 7.19. The average Bonchev–Trinajstić information content (AvgIpc) is 2.54. The Kier molecular flexibility index (Phi) is 5.26. The molecule has 0 saturated carbocycles. The number of benzene rings is 1. The molecule has 2 N–H and O–H groups in total. The molecule has 1 heterocycles. The number of Topliss-reactive ketones (excluding diaryl/α,β-unsaturated/α-hetero) is 1. The number of carboxylic acids is 1. The molecule has 0 spiro atoms. The maximum Gasteiger partial charge on any atom is 0.321 e. The van der Waals surface area contributed by atoms with E-state index in [4.69, 9.17) is 5.11 Å². The zero-order valence-electron chi connectivity index (χ0n) is 14.3. The monoisotopic (exact) mass is 332 g/mol. The van der Waals surface area contributed by atoms with Gasteiger partial charge in [0.05, 0.1) is 5.92 Å². The number of urea groups is 1. The van der Waals surface area contributed by atoms with Crippen molar-refractivity contribution in [3.63, 3.8) is 0 Å². The number of hydrogen-bond donors (Lipinski definition) is 2. The van der Waals surface area contributed by atoms with Crippen molar-refractivity contribution >= 4 is 23.5 Å². The number of nitrogens with zero attached hydrogens (tertiary/aromatic N) is 1. The zero-order chi connectivity index (χ0) is 17.9. The Morgan fingerprint density at radius 3 is 2.08 bits per heavy atom. The summed E-state index contributed by atoms with van der Waals surface area (Å²) in [6, 6.07) is 6.59. The third-order valence-electron chi connectivity index (χ3n) is 4.21. The van der Waals surface area contributed by atoms with Crippen molar-refractivity contribution < 1.29 is 19.5 Å². The summed E-state index contributed by atoms with van der Waals surface area (Å²) in [6.45, 7) is 6.47. The fourth-order valence-electron chi connectivity index (χ4n) is 2.67. The summed E-state index contributed by atoms with van der Waals surface area (Å²) in [5, 5.41) is 11.8. The van der Waals surface area contributed by atoms with E-state index >= 15 is 0 Å². The van der Waals surface area contributed by atoms with Crippen molar-refractivity contribution in [2.24, 2.45) is 11.3 Å². The van der Waals surface area contributed by atoms with Gasteiger partial charge in [0.1, 0.15) is 0 Å². The first kappa shape index (κ1) is 18.0. The van der Waals surface area contributed by atoms with Crippen molar-refractivity contribution in [3.05, 3.63) is 29.8 Å². The number of nitrogens with one attached hydrogen (secondary N) is 1. The SMILES string of the molecule is CC(C)(C)C(=O)c1ccc(NC(=O)N2CCC(C(=O)O)CC2)cc1. The molecular formula is C18H24N2O4. The minimum absolute atomic E-state index is 0.0520. The number of hydrogen-bond acceptors (Lipinski definition) is 3. The number of aliphatic carboxylic acids is 1. The molecule has 0 aromatic heterocycles. The van der Waals surface area contributed by atoms with Gasteiger partial charge in [-0.15, -0.1) is 0 Å². The highest BCUT2D eigenvalue weighted by Gasteiger charge is 2.27. The summed E-state index contributed by atoms with van der Waals surface area (Å²) in [5.41, 5.74) is 0.785. The van der Waals surface area contributed by atoms with E-state index in [0.29, 0.717) is 37.2 Å². The molecule has 1 aliphatic heterocycles. The molecule has 130 valence electrons. The first-order chi connectivity index (χ1) is 11.2. The van der Waals surface area contributed by atoms with Gasteiger partial charge in [0.25, 0.3) is 0 Å². The molecule has 0 bridgehead atoms. The summed E-state index contributed by atoms with van der Waals surface area (Å²) in [4.78, 5) is 37.0. The van der Waals surface area contributed by atoms with E-state index < -0.39 is 11.4 Å². The van der Waals surface area contributed by atoms with E-state index in [9.17, 15) is 14.4 Å². The Labute approximate surface area is 141 Å². The molecule has 1 aromatic carbocycles. The number of carbonyl (C=O) groups is 3.